The Morgan fingerprint density at radius 2 is 1.92 bits per heavy atom. The molecule has 7 nitrogen and oxygen atoms in total. The Hall–Kier alpha value is -2.55. The van der Waals surface area contributed by atoms with Crippen LogP contribution in [0.5, 0.6) is 0 Å². The van der Waals surface area contributed by atoms with Gasteiger partial charge in [0.15, 0.2) is 0 Å². The first kappa shape index (κ1) is 16.3. The number of benzene rings is 2. The molecule has 24 heavy (non-hydrogen) atoms. The molecule has 0 aliphatic heterocycles. The molecule has 0 aliphatic carbocycles. The SMILES string of the molecule is O=c1cnc2cc(S(=O)(=O)N[C@@H](CO)c3ccccc3)ccc2[nH]1. The van der Waals surface area contributed by atoms with Gasteiger partial charge in [-0.2, -0.15) is 0 Å². The van der Waals surface area contributed by atoms with Crippen LogP contribution < -0.4 is 10.3 Å². The molecule has 0 amide bonds. The van der Waals surface area contributed by atoms with Crippen LogP contribution in [-0.2, 0) is 10.0 Å². The summed E-state index contributed by atoms with van der Waals surface area (Å²) >= 11 is 0. The number of aromatic amines is 1. The number of aliphatic hydroxyl groups is 1. The first-order valence-corrected chi connectivity index (χ1v) is 8.65. The van der Waals surface area contributed by atoms with Crippen LogP contribution in [-0.4, -0.2) is 30.1 Å². The van der Waals surface area contributed by atoms with Crippen molar-refractivity contribution in [1.82, 2.24) is 14.7 Å². The van der Waals surface area contributed by atoms with Crippen molar-refractivity contribution in [2.75, 3.05) is 6.61 Å². The molecule has 3 rings (SSSR count). The maximum absolute atomic E-state index is 12.6. The number of aromatic nitrogens is 2. The van der Waals surface area contributed by atoms with Crippen molar-refractivity contribution >= 4 is 21.1 Å². The van der Waals surface area contributed by atoms with E-state index in [-0.39, 0.29) is 17.1 Å². The van der Waals surface area contributed by atoms with Crippen molar-refractivity contribution in [3.63, 3.8) is 0 Å². The number of aliphatic hydroxyl groups excluding tert-OH is 1. The second-order valence-electron chi connectivity index (χ2n) is 5.19. The summed E-state index contributed by atoms with van der Waals surface area (Å²) in [6.07, 6.45) is 1.09. The van der Waals surface area contributed by atoms with E-state index < -0.39 is 16.1 Å². The molecule has 1 atom stereocenters. The third kappa shape index (κ3) is 3.35. The smallest absolute Gasteiger partial charge is 0.266 e. The molecule has 0 fully saturated rings. The largest absolute Gasteiger partial charge is 0.394 e. The quantitative estimate of drug-likeness (QED) is 0.637. The molecule has 0 radical (unpaired) electrons. The van der Waals surface area contributed by atoms with E-state index in [0.717, 1.165) is 6.20 Å². The third-order valence-corrected chi connectivity index (χ3v) is 5.01. The molecule has 1 aromatic heterocycles. The van der Waals surface area contributed by atoms with Crippen molar-refractivity contribution in [3.05, 3.63) is 70.6 Å². The van der Waals surface area contributed by atoms with E-state index in [1.54, 1.807) is 24.3 Å². The Morgan fingerprint density at radius 1 is 1.17 bits per heavy atom. The van der Waals surface area contributed by atoms with Gasteiger partial charge < -0.3 is 10.1 Å². The second kappa shape index (κ2) is 6.52. The highest BCUT2D eigenvalue weighted by atomic mass is 32.2. The zero-order valence-electron chi connectivity index (χ0n) is 12.5. The van der Waals surface area contributed by atoms with E-state index in [9.17, 15) is 18.3 Å². The average molecular weight is 345 g/mol. The van der Waals surface area contributed by atoms with Crippen LogP contribution in [0.2, 0.25) is 0 Å². The normalized spacial score (nSPS) is 13.0. The maximum atomic E-state index is 12.6. The fraction of sp³-hybridized carbons (Fsp3) is 0.125. The molecule has 0 unspecified atom stereocenters. The third-order valence-electron chi connectivity index (χ3n) is 3.54. The summed E-state index contributed by atoms with van der Waals surface area (Å²) in [5.74, 6) is 0. The molecule has 124 valence electrons. The highest BCUT2D eigenvalue weighted by molar-refractivity contribution is 7.89. The summed E-state index contributed by atoms with van der Waals surface area (Å²) in [6, 6.07) is 12.3. The van der Waals surface area contributed by atoms with Crippen LogP contribution in [0.1, 0.15) is 11.6 Å². The van der Waals surface area contributed by atoms with E-state index in [4.69, 9.17) is 0 Å². The predicted molar refractivity (Wildman–Crippen MR) is 89.0 cm³/mol. The van der Waals surface area contributed by atoms with E-state index in [2.05, 4.69) is 14.7 Å². The summed E-state index contributed by atoms with van der Waals surface area (Å²) < 4.78 is 27.6. The van der Waals surface area contributed by atoms with Crippen LogP contribution in [0.3, 0.4) is 0 Å². The minimum absolute atomic E-state index is 0.00364. The van der Waals surface area contributed by atoms with Gasteiger partial charge in [0.1, 0.15) is 0 Å². The summed E-state index contributed by atoms with van der Waals surface area (Å²) in [5, 5.41) is 9.51. The first-order chi connectivity index (χ1) is 11.5. The molecular formula is C16H15N3O4S. The lowest BCUT2D eigenvalue weighted by Crippen LogP contribution is -2.30. The van der Waals surface area contributed by atoms with Crippen molar-refractivity contribution in [3.8, 4) is 0 Å². The summed E-state index contributed by atoms with van der Waals surface area (Å²) in [5.41, 5.74) is 1.11. The monoisotopic (exact) mass is 345 g/mol. The van der Waals surface area contributed by atoms with E-state index in [0.29, 0.717) is 16.6 Å². The van der Waals surface area contributed by atoms with Crippen LogP contribution in [0.15, 0.2) is 64.4 Å². The van der Waals surface area contributed by atoms with Gasteiger partial charge in [-0.3, -0.25) is 4.79 Å². The van der Waals surface area contributed by atoms with Crippen LogP contribution >= 0.6 is 0 Å². The Kier molecular flexibility index (Phi) is 4.43. The van der Waals surface area contributed by atoms with Gasteiger partial charge in [0.05, 0.1) is 34.8 Å². The van der Waals surface area contributed by atoms with E-state index in [1.807, 2.05) is 6.07 Å². The fourth-order valence-corrected chi connectivity index (χ4v) is 3.57. The molecule has 3 N–H and O–H groups in total. The zero-order valence-corrected chi connectivity index (χ0v) is 13.3. The van der Waals surface area contributed by atoms with E-state index in [1.165, 1.54) is 18.2 Å². The molecule has 8 heteroatoms. The minimum atomic E-state index is -3.86. The second-order valence-corrected chi connectivity index (χ2v) is 6.91. The average Bonchev–Trinajstić information content (AvgIpc) is 2.60. The number of hydrogen-bond acceptors (Lipinski definition) is 5. The van der Waals surface area contributed by atoms with Gasteiger partial charge in [-0.15, -0.1) is 0 Å². The lowest BCUT2D eigenvalue weighted by molar-refractivity contribution is 0.259. The molecule has 0 spiro atoms. The Labute approximate surface area is 138 Å². The Balaban J connectivity index is 1.95. The Bertz CT molecular complexity index is 1020. The topological polar surface area (TPSA) is 112 Å². The van der Waals surface area contributed by atoms with Crippen LogP contribution in [0.4, 0.5) is 0 Å². The molecule has 0 saturated carbocycles. The predicted octanol–water partition coefficient (Wildman–Crippen LogP) is 0.935. The summed E-state index contributed by atoms with van der Waals surface area (Å²) in [6.45, 7) is -0.373. The first-order valence-electron chi connectivity index (χ1n) is 7.17. The van der Waals surface area contributed by atoms with Crippen molar-refractivity contribution in [2.45, 2.75) is 10.9 Å². The number of fused-ring (bicyclic) bond motifs is 1. The number of nitrogens with one attached hydrogen (secondary N) is 2. The molecule has 3 aromatic rings. The van der Waals surface area contributed by atoms with Gasteiger partial charge in [0.25, 0.3) is 5.56 Å². The number of nitrogens with zero attached hydrogens (tertiary/aromatic N) is 1. The fourth-order valence-electron chi connectivity index (χ4n) is 2.34. The van der Waals surface area contributed by atoms with Crippen LogP contribution in [0, 0.1) is 0 Å². The zero-order chi connectivity index (χ0) is 17.2. The standard InChI is InChI=1S/C16H15N3O4S/c20-10-15(11-4-2-1-3-5-11)19-24(22,23)12-6-7-13-14(8-12)17-9-16(21)18-13/h1-9,15,19-20H,10H2,(H,18,21)/t15-/m0/s1. The molecular weight excluding hydrogens is 330 g/mol. The minimum Gasteiger partial charge on any atom is -0.394 e. The molecule has 0 aliphatic rings. The van der Waals surface area contributed by atoms with Gasteiger partial charge in [0.2, 0.25) is 10.0 Å². The number of rotatable bonds is 5. The maximum Gasteiger partial charge on any atom is 0.266 e. The lowest BCUT2D eigenvalue weighted by atomic mass is 10.1. The number of sulfonamides is 1. The number of hydrogen-bond donors (Lipinski definition) is 3. The van der Waals surface area contributed by atoms with Gasteiger partial charge >= 0.3 is 0 Å². The molecule has 0 saturated heterocycles. The Morgan fingerprint density at radius 3 is 2.62 bits per heavy atom. The van der Waals surface area contributed by atoms with Gasteiger partial charge in [-0.05, 0) is 23.8 Å². The summed E-state index contributed by atoms with van der Waals surface area (Å²) in [7, 11) is -3.86. The molecule has 2 aromatic carbocycles. The highest BCUT2D eigenvalue weighted by Gasteiger charge is 2.21. The van der Waals surface area contributed by atoms with Gasteiger partial charge in [-0.25, -0.2) is 18.1 Å². The number of H-pyrrole nitrogens is 1. The van der Waals surface area contributed by atoms with Crippen LogP contribution in [0.25, 0.3) is 11.0 Å². The summed E-state index contributed by atoms with van der Waals surface area (Å²) in [4.78, 5) is 17.7. The highest BCUT2D eigenvalue weighted by Crippen LogP contribution is 2.19. The molecule has 0 bridgehead atoms. The van der Waals surface area contributed by atoms with Gasteiger partial charge in [0, 0.05) is 0 Å². The van der Waals surface area contributed by atoms with Gasteiger partial charge in [-0.1, -0.05) is 30.3 Å². The van der Waals surface area contributed by atoms with Crippen molar-refractivity contribution < 1.29 is 13.5 Å². The lowest BCUT2D eigenvalue weighted by Gasteiger charge is -2.17. The molecule has 1 heterocycles. The van der Waals surface area contributed by atoms with Crippen molar-refractivity contribution in [2.24, 2.45) is 0 Å². The van der Waals surface area contributed by atoms with Crippen molar-refractivity contribution in [1.29, 1.82) is 0 Å². The van der Waals surface area contributed by atoms with E-state index >= 15 is 0 Å².